The largest absolute Gasteiger partial charge is 0.497 e. The molecule has 1 aliphatic heterocycles. The summed E-state index contributed by atoms with van der Waals surface area (Å²) in [5.41, 5.74) is 0.646. The van der Waals surface area contributed by atoms with Gasteiger partial charge in [-0.1, -0.05) is 6.42 Å². The van der Waals surface area contributed by atoms with Crippen LogP contribution in [0.2, 0.25) is 0 Å². The fraction of sp³-hybridized carbons (Fsp3) is 0.632. The van der Waals surface area contributed by atoms with Gasteiger partial charge in [-0.15, -0.1) is 0 Å². The lowest BCUT2D eigenvalue weighted by molar-refractivity contribution is -0.930. The molecule has 1 aromatic carbocycles. The Bertz CT molecular complexity index is 539. The number of carbonyl (C=O) groups excluding carboxylic acids is 1. The van der Waals surface area contributed by atoms with Crippen molar-refractivity contribution in [1.29, 1.82) is 0 Å². The van der Waals surface area contributed by atoms with Crippen LogP contribution in [-0.4, -0.2) is 57.2 Å². The highest BCUT2D eigenvalue weighted by atomic mass is 16.5. The van der Waals surface area contributed by atoms with Crippen LogP contribution in [0.15, 0.2) is 18.2 Å². The first-order valence-corrected chi connectivity index (χ1v) is 9.08. The van der Waals surface area contributed by atoms with Crippen molar-refractivity contribution in [3.63, 3.8) is 0 Å². The predicted octanol–water partition coefficient (Wildman–Crippen LogP) is 1.38. The number of hydrogen-bond acceptors (Lipinski definition) is 3. The van der Waals surface area contributed by atoms with Crippen LogP contribution in [0.3, 0.4) is 0 Å². The van der Waals surface area contributed by atoms with Gasteiger partial charge in [0.05, 0.1) is 46.4 Å². The van der Waals surface area contributed by atoms with Crippen molar-refractivity contribution < 1.29 is 19.2 Å². The highest BCUT2D eigenvalue weighted by Gasteiger charge is 2.30. The molecule has 1 amide bonds. The first kappa shape index (κ1) is 17.1. The van der Waals surface area contributed by atoms with Gasteiger partial charge in [-0.05, 0) is 37.8 Å². The first-order valence-electron chi connectivity index (χ1n) is 9.08. The zero-order chi connectivity index (χ0) is 16.9. The lowest BCUT2D eigenvalue weighted by atomic mass is 9.94. The van der Waals surface area contributed by atoms with Crippen LogP contribution in [0.5, 0.6) is 11.5 Å². The number of nitrogens with zero attached hydrogens (tertiary/aromatic N) is 1. The molecule has 2 aliphatic rings. The minimum atomic E-state index is 0.0786. The third kappa shape index (κ3) is 3.83. The van der Waals surface area contributed by atoms with E-state index in [1.165, 1.54) is 32.1 Å². The molecule has 132 valence electrons. The van der Waals surface area contributed by atoms with E-state index in [-0.39, 0.29) is 5.91 Å². The maximum atomic E-state index is 12.8. The van der Waals surface area contributed by atoms with E-state index in [0.29, 0.717) is 17.1 Å². The third-order valence-corrected chi connectivity index (χ3v) is 5.47. The molecule has 1 heterocycles. The summed E-state index contributed by atoms with van der Waals surface area (Å²) in [6.07, 6.45) is 6.86. The molecule has 1 N–H and O–H groups in total. The minimum Gasteiger partial charge on any atom is -0.497 e. The van der Waals surface area contributed by atoms with Gasteiger partial charge in [0.1, 0.15) is 11.5 Å². The summed E-state index contributed by atoms with van der Waals surface area (Å²) in [6, 6.07) is 6.20. The average molecular weight is 333 g/mol. The number of carbonyl (C=O) groups is 1. The van der Waals surface area contributed by atoms with E-state index in [1.807, 2.05) is 4.90 Å². The average Bonchev–Trinajstić information content (AvgIpc) is 2.67. The molecule has 0 unspecified atom stereocenters. The molecule has 0 spiro atoms. The van der Waals surface area contributed by atoms with Crippen LogP contribution in [-0.2, 0) is 0 Å². The molecule has 0 radical (unpaired) electrons. The van der Waals surface area contributed by atoms with Gasteiger partial charge in [0, 0.05) is 11.6 Å². The minimum absolute atomic E-state index is 0.0786. The summed E-state index contributed by atoms with van der Waals surface area (Å²) >= 11 is 0. The number of benzene rings is 1. The second-order valence-electron chi connectivity index (χ2n) is 6.89. The van der Waals surface area contributed by atoms with Crippen molar-refractivity contribution in [2.24, 2.45) is 0 Å². The zero-order valence-electron chi connectivity index (χ0n) is 14.8. The molecule has 0 atom stereocenters. The molecular weight excluding hydrogens is 304 g/mol. The molecule has 1 aromatic rings. The number of rotatable bonds is 4. The molecular formula is C19H29N2O3+. The van der Waals surface area contributed by atoms with Gasteiger partial charge >= 0.3 is 0 Å². The van der Waals surface area contributed by atoms with Crippen molar-refractivity contribution in [1.82, 2.24) is 4.90 Å². The van der Waals surface area contributed by atoms with E-state index in [0.717, 1.165) is 32.2 Å². The fourth-order valence-electron chi connectivity index (χ4n) is 4.03. The molecule has 24 heavy (non-hydrogen) atoms. The molecule has 5 nitrogen and oxygen atoms in total. The fourth-order valence-corrected chi connectivity index (χ4v) is 4.03. The third-order valence-electron chi connectivity index (χ3n) is 5.47. The number of ether oxygens (including phenoxy) is 2. The van der Waals surface area contributed by atoms with Gasteiger partial charge in [-0.25, -0.2) is 0 Å². The molecule has 1 aliphatic carbocycles. The van der Waals surface area contributed by atoms with Crippen molar-refractivity contribution in [2.45, 2.75) is 38.1 Å². The maximum Gasteiger partial charge on any atom is 0.254 e. The van der Waals surface area contributed by atoms with Crippen molar-refractivity contribution in [3.05, 3.63) is 23.8 Å². The summed E-state index contributed by atoms with van der Waals surface area (Å²) in [7, 11) is 3.21. The maximum absolute atomic E-state index is 12.8. The van der Waals surface area contributed by atoms with Crippen LogP contribution >= 0.6 is 0 Å². The van der Waals surface area contributed by atoms with Crippen molar-refractivity contribution in [3.8, 4) is 11.5 Å². The molecule has 1 saturated heterocycles. The quantitative estimate of drug-likeness (QED) is 0.905. The molecule has 1 saturated carbocycles. The number of hydrogen-bond donors (Lipinski definition) is 1. The van der Waals surface area contributed by atoms with Crippen molar-refractivity contribution >= 4 is 5.91 Å². The molecule has 0 bridgehead atoms. The molecule has 3 rings (SSSR count). The Kier molecular flexibility index (Phi) is 5.61. The van der Waals surface area contributed by atoms with Crippen LogP contribution in [0.25, 0.3) is 0 Å². The Morgan fingerprint density at radius 2 is 1.58 bits per heavy atom. The van der Waals surface area contributed by atoms with Gasteiger partial charge in [0.15, 0.2) is 0 Å². The molecule has 5 heteroatoms. The van der Waals surface area contributed by atoms with E-state index in [4.69, 9.17) is 9.47 Å². The van der Waals surface area contributed by atoms with E-state index in [9.17, 15) is 4.79 Å². The summed E-state index contributed by atoms with van der Waals surface area (Å²) in [5, 5.41) is 0. The second kappa shape index (κ2) is 7.88. The summed E-state index contributed by atoms with van der Waals surface area (Å²) in [6.45, 7) is 3.81. The van der Waals surface area contributed by atoms with E-state index in [2.05, 4.69) is 0 Å². The second-order valence-corrected chi connectivity index (χ2v) is 6.89. The van der Waals surface area contributed by atoms with Gasteiger partial charge in [-0.3, -0.25) is 4.79 Å². The van der Waals surface area contributed by atoms with Gasteiger partial charge in [0.2, 0.25) is 0 Å². The molecule has 2 fully saturated rings. The predicted molar refractivity (Wildman–Crippen MR) is 93.0 cm³/mol. The normalized spacial score (nSPS) is 20.0. The van der Waals surface area contributed by atoms with Crippen LogP contribution in [0.4, 0.5) is 0 Å². The van der Waals surface area contributed by atoms with Crippen molar-refractivity contribution in [2.75, 3.05) is 40.4 Å². The van der Waals surface area contributed by atoms with E-state index in [1.54, 1.807) is 37.3 Å². The van der Waals surface area contributed by atoms with Crippen LogP contribution in [0.1, 0.15) is 42.5 Å². The smallest absolute Gasteiger partial charge is 0.254 e. The van der Waals surface area contributed by atoms with E-state index >= 15 is 0 Å². The summed E-state index contributed by atoms with van der Waals surface area (Å²) in [4.78, 5) is 16.5. The Hall–Kier alpha value is -1.75. The first-order chi connectivity index (χ1) is 11.7. The van der Waals surface area contributed by atoms with Crippen LogP contribution in [0, 0.1) is 0 Å². The lowest BCUT2D eigenvalue weighted by Gasteiger charge is -2.38. The highest BCUT2D eigenvalue weighted by Crippen LogP contribution is 2.23. The Morgan fingerprint density at radius 3 is 2.12 bits per heavy atom. The molecule has 0 aromatic heterocycles. The number of methoxy groups -OCH3 is 2. The van der Waals surface area contributed by atoms with Gasteiger partial charge in [0.25, 0.3) is 5.91 Å². The van der Waals surface area contributed by atoms with Gasteiger partial charge < -0.3 is 19.3 Å². The van der Waals surface area contributed by atoms with Crippen LogP contribution < -0.4 is 14.4 Å². The SMILES string of the molecule is COc1cc(OC)cc(C(=O)N2CC[NH+](C3CCCCC3)CC2)c1. The Labute approximate surface area is 144 Å². The monoisotopic (exact) mass is 333 g/mol. The van der Waals surface area contributed by atoms with Gasteiger partial charge in [-0.2, -0.15) is 0 Å². The summed E-state index contributed by atoms with van der Waals surface area (Å²) < 4.78 is 10.6. The summed E-state index contributed by atoms with van der Waals surface area (Å²) in [5.74, 6) is 1.39. The Balaban J connectivity index is 1.62. The number of piperazine rings is 1. The number of nitrogens with one attached hydrogen (secondary N) is 1. The number of amides is 1. The number of quaternary nitrogens is 1. The Morgan fingerprint density at radius 1 is 1.00 bits per heavy atom. The zero-order valence-corrected chi connectivity index (χ0v) is 14.8. The standard InChI is InChI=1S/C19H28N2O3/c1-23-17-12-15(13-18(14-17)24-2)19(22)21-10-8-20(9-11-21)16-6-4-3-5-7-16/h12-14,16H,3-11H2,1-2H3/p+1. The lowest BCUT2D eigenvalue weighted by Crippen LogP contribution is -3.18. The van der Waals surface area contributed by atoms with E-state index < -0.39 is 0 Å². The topological polar surface area (TPSA) is 43.2 Å². The highest BCUT2D eigenvalue weighted by molar-refractivity contribution is 5.95.